The summed E-state index contributed by atoms with van der Waals surface area (Å²) in [5.41, 5.74) is 0.240. The minimum absolute atomic E-state index is 0.240. The maximum Gasteiger partial charge on any atom is 0.0439 e. The van der Waals surface area contributed by atoms with Gasteiger partial charge in [-0.15, -0.1) is 0 Å². The molecule has 0 saturated heterocycles. The highest BCUT2D eigenvalue weighted by Crippen LogP contribution is 2.08. The normalized spacial score (nSPS) is 13.6. The fraction of sp³-hybridized carbons (Fsp3) is 0.875. The molecule has 0 aromatic heterocycles. The first-order chi connectivity index (χ1) is 3.92. The first kappa shape index (κ1) is 8.67. The molecule has 0 aliphatic carbocycles. The van der Waals surface area contributed by atoms with Gasteiger partial charge < -0.3 is 0 Å². The van der Waals surface area contributed by atoms with Crippen LogP contribution in [0.25, 0.3) is 0 Å². The highest BCUT2D eigenvalue weighted by molar-refractivity contribution is 5.64. The second-order valence-corrected chi connectivity index (χ2v) is 3.74. The second-order valence-electron chi connectivity index (χ2n) is 3.74. The van der Waals surface area contributed by atoms with E-state index in [1.807, 2.05) is 6.21 Å². The van der Waals surface area contributed by atoms with Crippen molar-refractivity contribution < 1.29 is 0 Å². The largest absolute Gasteiger partial charge is 0.294 e. The number of hydrogen-bond acceptors (Lipinski definition) is 1. The standard InChI is InChI=1S/C8H17N/c1-7(2)9-6-8(3,4)5/h6-7H,1-5H3. The lowest BCUT2D eigenvalue weighted by Crippen LogP contribution is -2.07. The van der Waals surface area contributed by atoms with Gasteiger partial charge in [-0.25, -0.2) is 0 Å². The van der Waals surface area contributed by atoms with Gasteiger partial charge in [0.2, 0.25) is 0 Å². The van der Waals surface area contributed by atoms with E-state index in [9.17, 15) is 0 Å². The monoisotopic (exact) mass is 127 g/mol. The van der Waals surface area contributed by atoms with Crippen LogP contribution in [0.1, 0.15) is 34.6 Å². The smallest absolute Gasteiger partial charge is 0.0439 e. The maximum absolute atomic E-state index is 4.27. The highest BCUT2D eigenvalue weighted by Gasteiger charge is 2.04. The number of aliphatic imine (C=N–C) groups is 1. The minimum atomic E-state index is 0.240. The van der Waals surface area contributed by atoms with Crippen molar-refractivity contribution in [1.29, 1.82) is 0 Å². The predicted molar refractivity (Wildman–Crippen MR) is 43.1 cm³/mol. The van der Waals surface area contributed by atoms with Gasteiger partial charge in [0.1, 0.15) is 0 Å². The fourth-order valence-corrected chi connectivity index (χ4v) is 0.373. The third-order valence-electron chi connectivity index (χ3n) is 0.760. The Hall–Kier alpha value is -0.330. The van der Waals surface area contributed by atoms with Crippen LogP contribution in [0, 0.1) is 5.41 Å². The Morgan fingerprint density at radius 1 is 1.22 bits per heavy atom. The molecule has 0 heterocycles. The van der Waals surface area contributed by atoms with Crippen molar-refractivity contribution in [3.8, 4) is 0 Å². The first-order valence-electron chi connectivity index (χ1n) is 3.46. The molecule has 0 saturated carbocycles. The molecule has 0 N–H and O–H groups in total. The number of rotatable bonds is 1. The Bertz CT molecular complexity index is 95.6. The molecule has 0 radical (unpaired) electrons. The van der Waals surface area contributed by atoms with E-state index in [1.165, 1.54) is 0 Å². The van der Waals surface area contributed by atoms with E-state index in [-0.39, 0.29) is 5.41 Å². The van der Waals surface area contributed by atoms with Crippen LogP contribution in [0.4, 0.5) is 0 Å². The van der Waals surface area contributed by atoms with E-state index in [0.717, 1.165) is 0 Å². The summed E-state index contributed by atoms with van der Waals surface area (Å²) in [6.45, 7) is 10.6. The van der Waals surface area contributed by atoms with Crippen LogP contribution in [-0.4, -0.2) is 12.3 Å². The van der Waals surface area contributed by atoms with Crippen molar-refractivity contribution in [3.05, 3.63) is 0 Å². The minimum Gasteiger partial charge on any atom is -0.294 e. The van der Waals surface area contributed by atoms with E-state index < -0.39 is 0 Å². The summed E-state index contributed by atoms with van der Waals surface area (Å²) in [6, 6.07) is 0.434. The van der Waals surface area contributed by atoms with E-state index in [2.05, 4.69) is 39.6 Å². The van der Waals surface area contributed by atoms with Crippen LogP contribution in [0.15, 0.2) is 4.99 Å². The summed E-state index contributed by atoms with van der Waals surface area (Å²) < 4.78 is 0. The summed E-state index contributed by atoms with van der Waals surface area (Å²) in [6.07, 6.45) is 2.01. The average molecular weight is 127 g/mol. The van der Waals surface area contributed by atoms with Crippen molar-refractivity contribution in [2.45, 2.75) is 40.7 Å². The molecule has 0 aliphatic rings. The van der Waals surface area contributed by atoms with Crippen LogP contribution in [0.3, 0.4) is 0 Å². The van der Waals surface area contributed by atoms with Gasteiger partial charge in [0.25, 0.3) is 0 Å². The van der Waals surface area contributed by atoms with Crippen molar-refractivity contribution >= 4 is 6.21 Å². The van der Waals surface area contributed by atoms with Gasteiger partial charge in [-0.2, -0.15) is 0 Å². The van der Waals surface area contributed by atoms with E-state index in [4.69, 9.17) is 0 Å². The molecule has 0 amide bonds. The summed E-state index contributed by atoms with van der Waals surface area (Å²) >= 11 is 0. The van der Waals surface area contributed by atoms with Crippen molar-refractivity contribution in [3.63, 3.8) is 0 Å². The Labute approximate surface area is 58.2 Å². The van der Waals surface area contributed by atoms with Gasteiger partial charge in [0.15, 0.2) is 0 Å². The summed E-state index contributed by atoms with van der Waals surface area (Å²) in [4.78, 5) is 4.27. The van der Waals surface area contributed by atoms with Gasteiger partial charge in [0.05, 0.1) is 0 Å². The van der Waals surface area contributed by atoms with E-state index in [0.29, 0.717) is 6.04 Å². The molecule has 0 spiro atoms. The second kappa shape index (κ2) is 3.00. The molecule has 0 aromatic rings. The Balaban J connectivity index is 3.71. The molecule has 0 unspecified atom stereocenters. The zero-order valence-corrected chi connectivity index (χ0v) is 7.10. The average Bonchev–Trinajstić information content (AvgIpc) is 1.59. The summed E-state index contributed by atoms with van der Waals surface area (Å²) in [5.74, 6) is 0. The van der Waals surface area contributed by atoms with Gasteiger partial charge in [-0.3, -0.25) is 4.99 Å². The first-order valence-corrected chi connectivity index (χ1v) is 3.46. The summed E-state index contributed by atoms with van der Waals surface area (Å²) in [5, 5.41) is 0. The van der Waals surface area contributed by atoms with Crippen molar-refractivity contribution in [2.75, 3.05) is 0 Å². The van der Waals surface area contributed by atoms with Crippen LogP contribution in [0.2, 0.25) is 0 Å². The molecule has 0 fully saturated rings. The number of nitrogens with zero attached hydrogens (tertiary/aromatic N) is 1. The molecule has 1 heteroatoms. The highest BCUT2D eigenvalue weighted by atomic mass is 14.7. The molecular formula is C8H17N. The lowest BCUT2D eigenvalue weighted by atomic mass is 9.99. The Morgan fingerprint density at radius 3 is 1.78 bits per heavy atom. The summed E-state index contributed by atoms with van der Waals surface area (Å²) in [7, 11) is 0. The third-order valence-corrected chi connectivity index (χ3v) is 0.760. The van der Waals surface area contributed by atoms with Gasteiger partial charge >= 0.3 is 0 Å². The van der Waals surface area contributed by atoms with E-state index in [1.54, 1.807) is 0 Å². The zero-order chi connectivity index (χ0) is 7.49. The van der Waals surface area contributed by atoms with Crippen molar-refractivity contribution in [2.24, 2.45) is 10.4 Å². The van der Waals surface area contributed by atoms with Crippen LogP contribution in [0.5, 0.6) is 0 Å². The molecule has 0 aromatic carbocycles. The molecule has 1 nitrogen and oxygen atoms in total. The maximum atomic E-state index is 4.27. The quantitative estimate of drug-likeness (QED) is 0.480. The lowest BCUT2D eigenvalue weighted by molar-refractivity contribution is 0.600. The Morgan fingerprint density at radius 2 is 1.67 bits per heavy atom. The van der Waals surface area contributed by atoms with Crippen molar-refractivity contribution in [1.82, 2.24) is 0 Å². The fourth-order valence-electron chi connectivity index (χ4n) is 0.373. The predicted octanol–water partition coefficient (Wildman–Crippen LogP) is 2.51. The zero-order valence-electron chi connectivity index (χ0n) is 7.10. The number of hydrogen-bond donors (Lipinski definition) is 0. The van der Waals surface area contributed by atoms with Gasteiger partial charge in [-0.1, -0.05) is 20.8 Å². The molecule has 0 bridgehead atoms. The van der Waals surface area contributed by atoms with Crippen LogP contribution in [-0.2, 0) is 0 Å². The molecule has 0 rings (SSSR count). The molecule has 0 atom stereocenters. The third kappa shape index (κ3) is 7.67. The lowest BCUT2D eigenvalue weighted by Gasteiger charge is -2.10. The van der Waals surface area contributed by atoms with Crippen LogP contribution < -0.4 is 0 Å². The topological polar surface area (TPSA) is 12.4 Å². The SMILES string of the molecule is CC(C)N=CC(C)(C)C. The van der Waals surface area contributed by atoms with Gasteiger partial charge in [0, 0.05) is 12.3 Å². The van der Waals surface area contributed by atoms with E-state index >= 15 is 0 Å². The molecule has 54 valence electrons. The van der Waals surface area contributed by atoms with Gasteiger partial charge in [-0.05, 0) is 19.3 Å². The van der Waals surface area contributed by atoms with Crippen LogP contribution >= 0.6 is 0 Å². The molecule has 0 aliphatic heterocycles. The Kier molecular flexibility index (Phi) is 2.89. The molecular weight excluding hydrogens is 110 g/mol. The molecule has 9 heavy (non-hydrogen) atoms.